The van der Waals surface area contributed by atoms with Crippen LogP contribution in [-0.2, 0) is 9.53 Å². The lowest BCUT2D eigenvalue weighted by molar-refractivity contribution is -0.140. The second kappa shape index (κ2) is 8.53. The number of nitrogens with zero attached hydrogens (tertiary/aromatic N) is 1. The maximum Gasteiger partial charge on any atom is 0.306 e. The quantitative estimate of drug-likeness (QED) is 0.344. The number of unbranched alkanes of at least 4 members (excludes halogenated alkanes) is 3. The van der Waals surface area contributed by atoms with E-state index in [1.807, 2.05) is 0 Å². The van der Waals surface area contributed by atoms with Crippen LogP contribution in [0.5, 0.6) is 0 Å². The van der Waals surface area contributed by atoms with Crippen LogP contribution in [0.3, 0.4) is 0 Å². The summed E-state index contributed by atoms with van der Waals surface area (Å²) in [7, 11) is 1.43. The third-order valence-corrected chi connectivity index (χ3v) is 2.85. The summed E-state index contributed by atoms with van der Waals surface area (Å²) < 4.78 is 4.55. The smallest absolute Gasteiger partial charge is 0.306 e. The fourth-order valence-electron chi connectivity index (χ4n) is 1.65. The van der Waals surface area contributed by atoms with Crippen LogP contribution in [0.4, 0.5) is 0 Å². The molecule has 0 aromatic rings. The van der Waals surface area contributed by atoms with Gasteiger partial charge in [0.05, 0.1) is 13.5 Å². The Hall–Kier alpha value is -0.610. The highest BCUT2D eigenvalue weighted by Gasteiger charge is 2.14. The van der Waals surface area contributed by atoms with Crippen LogP contribution in [0.25, 0.3) is 0 Å². The van der Waals surface area contributed by atoms with Crippen LogP contribution in [-0.4, -0.2) is 50.7 Å². The molecular weight excluding hydrogens is 204 g/mol. The number of carbonyl (C=O) groups excluding carboxylic acids is 1. The van der Waals surface area contributed by atoms with Gasteiger partial charge < -0.3 is 15.0 Å². The minimum atomic E-state index is -0.133. The molecule has 1 N–H and O–H groups in total. The van der Waals surface area contributed by atoms with Crippen molar-refractivity contribution in [3.05, 3.63) is 0 Å². The van der Waals surface area contributed by atoms with Crippen molar-refractivity contribution in [1.29, 1.82) is 0 Å². The van der Waals surface area contributed by atoms with E-state index >= 15 is 0 Å². The zero-order valence-electron chi connectivity index (χ0n) is 10.3. The average Bonchev–Trinajstić information content (AvgIpc) is 3.10. The molecular formula is C12H24N2O2. The molecule has 1 saturated heterocycles. The standard InChI is InChI=1S/C12H24N2O2/c1-16-12(15)6-8-13-7-4-2-3-5-9-14-10-11-14/h13H,2-11H2,1H3. The molecule has 0 bridgehead atoms. The Morgan fingerprint density at radius 3 is 2.62 bits per heavy atom. The van der Waals surface area contributed by atoms with E-state index in [-0.39, 0.29) is 5.97 Å². The maximum atomic E-state index is 10.8. The van der Waals surface area contributed by atoms with Crippen LogP contribution in [0.15, 0.2) is 0 Å². The summed E-state index contributed by atoms with van der Waals surface area (Å²) in [5.74, 6) is -0.133. The zero-order chi connectivity index (χ0) is 11.6. The lowest BCUT2D eigenvalue weighted by atomic mass is 10.2. The van der Waals surface area contributed by atoms with Gasteiger partial charge in [-0.3, -0.25) is 4.79 Å². The number of ether oxygens (including phenoxy) is 1. The molecule has 0 saturated carbocycles. The molecule has 0 aromatic carbocycles. The fraction of sp³-hybridized carbons (Fsp3) is 0.917. The van der Waals surface area contributed by atoms with Gasteiger partial charge in [-0.15, -0.1) is 0 Å². The molecule has 0 amide bonds. The lowest BCUT2D eigenvalue weighted by Gasteiger charge is -2.04. The summed E-state index contributed by atoms with van der Waals surface area (Å²) >= 11 is 0. The third kappa shape index (κ3) is 7.65. The molecule has 1 heterocycles. The minimum Gasteiger partial charge on any atom is -0.469 e. The van der Waals surface area contributed by atoms with Gasteiger partial charge in [-0.25, -0.2) is 0 Å². The molecule has 1 aliphatic rings. The molecule has 1 fully saturated rings. The number of carbonyl (C=O) groups is 1. The van der Waals surface area contributed by atoms with Crippen LogP contribution in [0.1, 0.15) is 32.1 Å². The summed E-state index contributed by atoms with van der Waals surface area (Å²) in [5.41, 5.74) is 0. The predicted molar refractivity (Wildman–Crippen MR) is 64.4 cm³/mol. The monoisotopic (exact) mass is 228 g/mol. The van der Waals surface area contributed by atoms with E-state index in [0.717, 1.165) is 13.1 Å². The second-order valence-electron chi connectivity index (χ2n) is 4.33. The fourth-order valence-corrected chi connectivity index (χ4v) is 1.65. The molecule has 16 heavy (non-hydrogen) atoms. The van der Waals surface area contributed by atoms with Crippen molar-refractivity contribution >= 4 is 5.97 Å². The van der Waals surface area contributed by atoms with Crippen molar-refractivity contribution in [2.75, 3.05) is 39.8 Å². The van der Waals surface area contributed by atoms with E-state index < -0.39 is 0 Å². The molecule has 4 nitrogen and oxygen atoms in total. The molecule has 0 radical (unpaired) electrons. The minimum absolute atomic E-state index is 0.133. The van der Waals surface area contributed by atoms with Gasteiger partial charge in [0.1, 0.15) is 0 Å². The number of methoxy groups -OCH3 is 1. The molecule has 0 aliphatic carbocycles. The highest BCUT2D eigenvalue weighted by atomic mass is 16.5. The van der Waals surface area contributed by atoms with Crippen LogP contribution in [0, 0.1) is 0 Å². The first kappa shape index (κ1) is 13.5. The van der Waals surface area contributed by atoms with E-state index in [9.17, 15) is 4.79 Å². The van der Waals surface area contributed by atoms with Gasteiger partial charge in [-0.2, -0.15) is 0 Å². The largest absolute Gasteiger partial charge is 0.469 e. The Morgan fingerprint density at radius 1 is 1.19 bits per heavy atom. The van der Waals surface area contributed by atoms with E-state index in [4.69, 9.17) is 0 Å². The Balaban J connectivity index is 1.69. The first-order valence-corrected chi connectivity index (χ1v) is 6.33. The number of rotatable bonds is 10. The molecule has 0 atom stereocenters. The van der Waals surface area contributed by atoms with Crippen LogP contribution >= 0.6 is 0 Å². The first-order valence-electron chi connectivity index (χ1n) is 6.33. The van der Waals surface area contributed by atoms with Gasteiger partial charge in [0.2, 0.25) is 0 Å². The van der Waals surface area contributed by atoms with Crippen LogP contribution in [0.2, 0.25) is 0 Å². The summed E-state index contributed by atoms with van der Waals surface area (Å²) in [4.78, 5) is 13.3. The van der Waals surface area contributed by atoms with E-state index in [1.54, 1.807) is 0 Å². The molecule has 1 rings (SSSR count). The SMILES string of the molecule is COC(=O)CCNCCCCCCN1CC1. The van der Waals surface area contributed by atoms with Gasteiger partial charge in [-0.1, -0.05) is 12.8 Å². The maximum absolute atomic E-state index is 10.8. The lowest BCUT2D eigenvalue weighted by Crippen LogP contribution is -2.19. The molecule has 0 aromatic heterocycles. The van der Waals surface area contributed by atoms with Gasteiger partial charge >= 0.3 is 5.97 Å². The summed E-state index contributed by atoms with van der Waals surface area (Å²) in [6.07, 6.45) is 5.64. The zero-order valence-corrected chi connectivity index (χ0v) is 10.3. The number of nitrogens with one attached hydrogen (secondary N) is 1. The van der Waals surface area contributed by atoms with Crippen molar-refractivity contribution in [2.24, 2.45) is 0 Å². The van der Waals surface area contributed by atoms with Gasteiger partial charge in [0, 0.05) is 19.6 Å². The molecule has 4 heteroatoms. The summed E-state index contributed by atoms with van der Waals surface area (Å²) in [6.45, 7) is 5.67. The van der Waals surface area contributed by atoms with E-state index in [0.29, 0.717) is 6.42 Å². The van der Waals surface area contributed by atoms with Crippen molar-refractivity contribution in [2.45, 2.75) is 32.1 Å². The van der Waals surface area contributed by atoms with E-state index in [2.05, 4.69) is 15.0 Å². The van der Waals surface area contributed by atoms with E-state index in [1.165, 1.54) is 52.4 Å². The second-order valence-corrected chi connectivity index (χ2v) is 4.33. The topological polar surface area (TPSA) is 41.3 Å². The first-order chi connectivity index (χ1) is 7.83. The molecule has 0 spiro atoms. The van der Waals surface area contributed by atoms with Crippen molar-refractivity contribution in [3.8, 4) is 0 Å². The summed E-state index contributed by atoms with van der Waals surface area (Å²) in [5, 5.41) is 3.25. The van der Waals surface area contributed by atoms with Crippen molar-refractivity contribution in [1.82, 2.24) is 10.2 Å². The number of hydrogen-bond acceptors (Lipinski definition) is 4. The number of hydrogen-bond donors (Lipinski definition) is 1. The number of esters is 1. The van der Waals surface area contributed by atoms with Crippen LogP contribution < -0.4 is 5.32 Å². The van der Waals surface area contributed by atoms with Gasteiger partial charge in [-0.05, 0) is 25.9 Å². The van der Waals surface area contributed by atoms with Crippen molar-refractivity contribution in [3.63, 3.8) is 0 Å². The average molecular weight is 228 g/mol. The Labute approximate surface area is 98.3 Å². The Kier molecular flexibility index (Phi) is 7.17. The highest BCUT2D eigenvalue weighted by Crippen LogP contribution is 2.07. The summed E-state index contributed by atoms with van der Waals surface area (Å²) in [6, 6.07) is 0. The highest BCUT2D eigenvalue weighted by molar-refractivity contribution is 5.69. The van der Waals surface area contributed by atoms with Gasteiger partial charge in [0.15, 0.2) is 0 Å². The molecule has 1 aliphatic heterocycles. The van der Waals surface area contributed by atoms with Gasteiger partial charge in [0.25, 0.3) is 0 Å². The third-order valence-electron chi connectivity index (χ3n) is 2.85. The molecule has 94 valence electrons. The Morgan fingerprint density at radius 2 is 1.94 bits per heavy atom. The Bertz CT molecular complexity index is 193. The molecule has 0 unspecified atom stereocenters. The normalized spacial score (nSPS) is 15.1. The van der Waals surface area contributed by atoms with Crippen molar-refractivity contribution < 1.29 is 9.53 Å². The predicted octanol–water partition coefficient (Wildman–Crippen LogP) is 1.02.